The second-order valence-corrected chi connectivity index (χ2v) is 8.15. The van der Waals surface area contributed by atoms with Gasteiger partial charge in [0.1, 0.15) is 11.3 Å². The highest BCUT2D eigenvalue weighted by Crippen LogP contribution is 2.34. The predicted molar refractivity (Wildman–Crippen MR) is 127 cm³/mol. The number of rotatable bonds is 4. The van der Waals surface area contributed by atoms with Gasteiger partial charge in [0, 0.05) is 21.8 Å². The minimum atomic E-state index is -0.407. The van der Waals surface area contributed by atoms with E-state index in [-0.39, 0.29) is 5.76 Å². The Morgan fingerprint density at radius 2 is 1.69 bits per heavy atom. The number of benzene rings is 3. The van der Waals surface area contributed by atoms with Gasteiger partial charge in [-0.15, -0.1) is 0 Å². The van der Waals surface area contributed by atoms with Crippen molar-refractivity contribution in [1.29, 1.82) is 0 Å². The summed E-state index contributed by atoms with van der Waals surface area (Å²) in [6.07, 6.45) is 0. The third-order valence-corrected chi connectivity index (χ3v) is 5.85. The van der Waals surface area contributed by atoms with Crippen molar-refractivity contribution in [1.82, 2.24) is 4.98 Å². The van der Waals surface area contributed by atoms with E-state index in [1.165, 1.54) is 0 Å². The van der Waals surface area contributed by atoms with Crippen LogP contribution in [0.25, 0.3) is 33.9 Å². The van der Waals surface area contributed by atoms with Crippen molar-refractivity contribution in [3.8, 4) is 22.8 Å². The molecule has 0 aliphatic carbocycles. The van der Waals surface area contributed by atoms with Crippen LogP contribution in [-0.2, 0) is 0 Å². The average Bonchev–Trinajstić information content (AvgIpc) is 3.43. The summed E-state index contributed by atoms with van der Waals surface area (Å²) in [7, 11) is 0. The highest BCUT2D eigenvalue weighted by molar-refractivity contribution is 6.43. The molecule has 5 aromatic rings. The molecule has 2 heterocycles. The van der Waals surface area contributed by atoms with Crippen LogP contribution < -0.4 is 5.32 Å². The number of aromatic nitrogens is 1. The van der Waals surface area contributed by atoms with Crippen molar-refractivity contribution in [3.63, 3.8) is 0 Å². The number of hydrogen-bond donors (Lipinski definition) is 1. The van der Waals surface area contributed by atoms with Gasteiger partial charge in [0.15, 0.2) is 11.3 Å². The molecule has 2 aromatic heterocycles. The number of furan rings is 1. The Balaban J connectivity index is 1.37. The van der Waals surface area contributed by atoms with Crippen LogP contribution in [0.3, 0.4) is 0 Å². The van der Waals surface area contributed by atoms with Crippen LogP contribution in [0.4, 0.5) is 5.69 Å². The Kier molecular flexibility index (Phi) is 5.39. The SMILES string of the molecule is O=C(Nc1ccc2oc(-c3ccc(Cl)cc3)nc2c1)c1ccc(-c2cccc(Cl)c2Cl)o1. The smallest absolute Gasteiger partial charge is 0.291 e. The number of anilines is 1. The van der Waals surface area contributed by atoms with Gasteiger partial charge >= 0.3 is 0 Å². The van der Waals surface area contributed by atoms with E-state index in [2.05, 4.69) is 10.3 Å². The zero-order valence-corrected chi connectivity index (χ0v) is 18.5. The van der Waals surface area contributed by atoms with Gasteiger partial charge in [0.05, 0.1) is 10.0 Å². The number of nitrogens with zero attached hydrogens (tertiary/aromatic N) is 1. The number of carbonyl (C=O) groups is 1. The molecular weight excluding hydrogens is 471 g/mol. The summed E-state index contributed by atoms with van der Waals surface area (Å²) in [5.41, 5.74) is 3.18. The minimum absolute atomic E-state index is 0.137. The Hall–Kier alpha value is -3.25. The number of oxazole rings is 1. The van der Waals surface area contributed by atoms with Crippen molar-refractivity contribution in [2.24, 2.45) is 0 Å². The van der Waals surface area contributed by atoms with E-state index in [1.807, 2.05) is 12.1 Å². The molecule has 0 unspecified atom stereocenters. The lowest BCUT2D eigenvalue weighted by atomic mass is 10.2. The van der Waals surface area contributed by atoms with Crippen LogP contribution in [0.5, 0.6) is 0 Å². The highest BCUT2D eigenvalue weighted by atomic mass is 35.5. The Morgan fingerprint density at radius 1 is 0.875 bits per heavy atom. The third-order valence-electron chi connectivity index (χ3n) is 4.78. The van der Waals surface area contributed by atoms with Crippen LogP contribution >= 0.6 is 34.8 Å². The molecule has 158 valence electrons. The second kappa shape index (κ2) is 8.36. The first-order valence-corrected chi connectivity index (χ1v) is 10.6. The van der Waals surface area contributed by atoms with Gasteiger partial charge in [-0.25, -0.2) is 4.98 Å². The molecule has 1 amide bonds. The fraction of sp³-hybridized carbons (Fsp3) is 0. The number of nitrogens with one attached hydrogen (secondary N) is 1. The predicted octanol–water partition coefficient (Wildman–Crippen LogP) is 7.97. The molecule has 32 heavy (non-hydrogen) atoms. The maximum Gasteiger partial charge on any atom is 0.291 e. The second-order valence-electron chi connectivity index (χ2n) is 6.93. The molecule has 1 N–H and O–H groups in total. The summed E-state index contributed by atoms with van der Waals surface area (Å²) in [4.78, 5) is 17.2. The van der Waals surface area contributed by atoms with Crippen LogP contribution in [0.1, 0.15) is 10.6 Å². The van der Waals surface area contributed by atoms with E-state index in [1.54, 1.807) is 60.7 Å². The van der Waals surface area contributed by atoms with Gasteiger partial charge in [-0.2, -0.15) is 0 Å². The van der Waals surface area contributed by atoms with E-state index in [0.717, 1.165) is 5.56 Å². The summed E-state index contributed by atoms with van der Waals surface area (Å²) >= 11 is 18.2. The van der Waals surface area contributed by atoms with E-state index in [0.29, 0.717) is 49.1 Å². The van der Waals surface area contributed by atoms with Gasteiger partial charge in [0.2, 0.25) is 5.89 Å². The van der Waals surface area contributed by atoms with E-state index < -0.39 is 5.91 Å². The molecule has 5 nitrogen and oxygen atoms in total. The van der Waals surface area contributed by atoms with Gasteiger partial charge in [-0.05, 0) is 66.7 Å². The topological polar surface area (TPSA) is 68.3 Å². The molecule has 0 bridgehead atoms. The summed E-state index contributed by atoms with van der Waals surface area (Å²) in [5.74, 6) is 0.643. The normalized spacial score (nSPS) is 11.1. The maximum absolute atomic E-state index is 12.7. The molecule has 0 fully saturated rings. The molecule has 5 rings (SSSR count). The van der Waals surface area contributed by atoms with Crippen molar-refractivity contribution in [2.45, 2.75) is 0 Å². The molecule has 0 saturated heterocycles. The third kappa shape index (κ3) is 3.98. The van der Waals surface area contributed by atoms with Crippen LogP contribution in [0, 0.1) is 0 Å². The van der Waals surface area contributed by atoms with Crippen molar-refractivity contribution < 1.29 is 13.6 Å². The number of carbonyl (C=O) groups excluding carboxylic acids is 1. The van der Waals surface area contributed by atoms with E-state index >= 15 is 0 Å². The van der Waals surface area contributed by atoms with Crippen molar-refractivity contribution in [2.75, 3.05) is 5.32 Å². The largest absolute Gasteiger partial charge is 0.451 e. The zero-order valence-electron chi connectivity index (χ0n) is 16.2. The standard InChI is InChI=1S/C24H13Cl3N2O3/c25-14-6-4-13(5-7-14)24-29-18-12-15(8-9-20(18)32-24)28-23(30)21-11-10-19(31-21)16-2-1-3-17(26)22(16)27/h1-12H,(H,28,30). The fourth-order valence-electron chi connectivity index (χ4n) is 3.21. The van der Waals surface area contributed by atoms with Gasteiger partial charge in [-0.1, -0.05) is 40.9 Å². The number of hydrogen-bond acceptors (Lipinski definition) is 4. The lowest BCUT2D eigenvalue weighted by molar-refractivity contribution is 0.0997. The highest BCUT2D eigenvalue weighted by Gasteiger charge is 2.16. The lowest BCUT2D eigenvalue weighted by Crippen LogP contribution is -2.10. The molecule has 8 heteroatoms. The first-order valence-electron chi connectivity index (χ1n) is 9.50. The Morgan fingerprint density at radius 3 is 2.50 bits per heavy atom. The van der Waals surface area contributed by atoms with Crippen molar-refractivity contribution >= 4 is 57.5 Å². The lowest BCUT2D eigenvalue weighted by Gasteiger charge is -2.04. The molecule has 3 aromatic carbocycles. The zero-order chi connectivity index (χ0) is 22.2. The number of amides is 1. The summed E-state index contributed by atoms with van der Waals surface area (Å²) < 4.78 is 11.5. The summed E-state index contributed by atoms with van der Waals surface area (Å²) in [5, 5.41) is 4.21. The fourth-order valence-corrected chi connectivity index (χ4v) is 3.73. The van der Waals surface area contributed by atoms with E-state index in [4.69, 9.17) is 43.6 Å². The van der Waals surface area contributed by atoms with Crippen LogP contribution in [0.2, 0.25) is 15.1 Å². The average molecular weight is 484 g/mol. The monoisotopic (exact) mass is 482 g/mol. The quantitative estimate of drug-likeness (QED) is 0.281. The molecule has 0 atom stereocenters. The molecule has 0 radical (unpaired) electrons. The van der Waals surface area contributed by atoms with Crippen LogP contribution in [-0.4, -0.2) is 10.9 Å². The molecular formula is C24H13Cl3N2O3. The Labute approximate surface area is 197 Å². The maximum atomic E-state index is 12.7. The molecule has 0 aliphatic heterocycles. The molecule has 0 aliphatic rings. The molecule has 0 spiro atoms. The van der Waals surface area contributed by atoms with Crippen LogP contribution in [0.15, 0.2) is 81.6 Å². The molecule has 0 saturated carbocycles. The number of halogens is 3. The minimum Gasteiger partial charge on any atom is -0.451 e. The Bertz CT molecular complexity index is 1460. The summed E-state index contributed by atoms with van der Waals surface area (Å²) in [6, 6.07) is 20.9. The van der Waals surface area contributed by atoms with Gasteiger partial charge < -0.3 is 14.2 Å². The summed E-state index contributed by atoms with van der Waals surface area (Å²) in [6.45, 7) is 0. The first kappa shape index (κ1) is 20.6. The van der Waals surface area contributed by atoms with Gasteiger partial charge in [0.25, 0.3) is 5.91 Å². The first-order chi connectivity index (χ1) is 15.5. The van der Waals surface area contributed by atoms with E-state index in [9.17, 15) is 4.79 Å². The van der Waals surface area contributed by atoms with Crippen molar-refractivity contribution in [3.05, 3.63) is 93.6 Å². The van der Waals surface area contributed by atoms with Gasteiger partial charge in [-0.3, -0.25) is 4.79 Å². The number of fused-ring (bicyclic) bond motifs is 1.